The lowest BCUT2D eigenvalue weighted by Crippen LogP contribution is -2.37. The maximum absolute atomic E-state index is 11.8. The van der Waals surface area contributed by atoms with E-state index in [1.165, 1.54) is 0 Å². The van der Waals surface area contributed by atoms with Crippen LogP contribution in [0.2, 0.25) is 10.0 Å². The predicted molar refractivity (Wildman–Crippen MR) is 111 cm³/mol. The molecular weight excluding hydrogens is 475 g/mol. The lowest BCUT2D eigenvalue weighted by molar-refractivity contribution is -0.385. The van der Waals surface area contributed by atoms with Crippen LogP contribution in [0.15, 0.2) is 23.4 Å². The van der Waals surface area contributed by atoms with Gasteiger partial charge >= 0.3 is 17.5 Å². The fourth-order valence-electron chi connectivity index (χ4n) is 3.10. The number of carbonyl (C=O) groups is 1. The van der Waals surface area contributed by atoms with E-state index >= 15 is 0 Å². The van der Waals surface area contributed by atoms with Gasteiger partial charge in [0.15, 0.2) is 15.6 Å². The molecule has 2 aromatic rings. The van der Waals surface area contributed by atoms with E-state index in [9.17, 15) is 23.3 Å². The third-order valence-electron chi connectivity index (χ3n) is 4.69. The maximum atomic E-state index is 11.8. The van der Waals surface area contributed by atoms with Crippen molar-refractivity contribution in [1.82, 2.24) is 9.97 Å². The van der Waals surface area contributed by atoms with Crippen LogP contribution in [0.5, 0.6) is 11.6 Å². The number of ether oxygens (including phenoxy) is 1. The smallest absolute Gasteiger partial charge is 0.373 e. The van der Waals surface area contributed by atoms with Crippen LogP contribution in [0.3, 0.4) is 0 Å². The Hall–Kier alpha value is -2.70. The molecular formula is C17H16Cl2N4O7S. The van der Waals surface area contributed by atoms with Gasteiger partial charge < -0.3 is 14.7 Å². The van der Waals surface area contributed by atoms with Gasteiger partial charge in [-0.3, -0.25) is 14.9 Å². The summed E-state index contributed by atoms with van der Waals surface area (Å²) in [5.41, 5.74) is -0.546. The Morgan fingerprint density at radius 1 is 1.26 bits per heavy atom. The van der Waals surface area contributed by atoms with Crippen molar-refractivity contribution in [3.05, 3.63) is 38.6 Å². The van der Waals surface area contributed by atoms with Crippen molar-refractivity contribution < 1.29 is 28.0 Å². The molecule has 0 amide bonds. The van der Waals surface area contributed by atoms with Crippen molar-refractivity contribution in [3.63, 3.8) is 0 Å². The van der Waals surface area contributed by atoms with E-state index in [1.807, 2.05) is 0 Å². The largest absolute Gasteiger partial charge is 0.481 e. The summed E-state index contributed by atoms with van der Waals surface area (Å²) < 4.78 is 29.0. The van der Waals surface area contributed by atoms with E-state index in [4.69, 9.17) is 33.0 Å². The zero-order valence-electron chi connectivity index (χ0n) is 16.0. The Kier molecular flexibility index (Phi) is 6.53. The quantitative estimate of drug-likeness (QED) is 0.471. The van der Waals surface area contributed by atoms with Gasteiger partial charge in [-0.25, -0.2) is 13.4 Å². The van der Waals surface area contributed by atoms with Crippen LogP contribution in [0, 0.1) is 16.0 Å². The number of carboxylic acids is 1. The molecule has 3 rings (SSSR count). The molecule has 0 aliphatic carbocycles. The SMILES string of the molecule is CS(=O)(=O)c1cc(Cl)c(Oc2ncnc(N3CCC(C(=O)O)CC3)c2[N+](=O)[O-])c(Cl)c1. The van der Waals surface area contributed by atoms with E-state index in [0.29, 0.717) is 12.8 Å². The number of anilines is 1. The van der Waals surface area contributed by atoms with Gasteiger partial charge in [-0.05, 0) is 25.0 Å². The number of nitrogens with zero attached hydrogens (tertiary/aromatic N) is 4. The number of aromatic nitrogens is 2. The van der Waals surface area contributed by atoms with Gasteiger partial charge in [-0.15, -0.1) is 0 Å². The summed E-state index contributed by atoms with van der Waals surface area (Å²) in [7, 11) is -3.60. The standard InChI is InChI=1S/C17H16Cl2N4O7S/c1-31(28,29)10-6-11(18)14(12(19)7-10)30-16-13(23(26)27)15(20-8-21-16)22-4-2-9(3-5-22)17(24)25/h6-9H,2-5H2,1H3,(H,24,25). The zero-order valence-corrected chi connectivity index (χ0v) is 18.3. The van der Waals surface area contributed by atoms with E-state index in [1.54, 1.807) is 4.90 Å². The first-order valence-corrected chi connectivity index (χ1v) is 11.5. The van der Waals surface area contributed by atoms with E-state index in [0.717, 1.165) is 24.7 Å². The lowest BCUT2D eigenvalue weighted by Gasteiger charge is -2.30. The highest BCUT2D eigenvalue weighted by Gasteiger charge is 2.33. The maximum Gasteiger partial charge on any atom is 0.373 e. The zero-order chi connectivity index (χ0) is 22.9. The molecule has 1 aromatic carbocycles. The van der Waals surface area contributed by atoms with Gasteiger partial charge in [0.2, 0.25) is 5.82 Å². The minimum absolute atomic E-state index is 0.0289. The molecule has 1 aliphatic rings. The van der Waals surface area contributed by atoms with Crippen LogP contribution < -0.4 is 9.64 Å². The van der Waals surface area contributed by atoms with Crippen LogP contribution in [0.25, 0.3) is 0 Å². The number of hydrogen-bond donors (Lipinski definition) is 1. The highest BCUT2D eigenvalue weighted by atomic mass is 35.5. The number of sulfone groups is 1. The molecule has 1 aliphatic heterocycles. The second kappa shape index (κ2) is 8.81. The fourth-order valence-corrected chi connectivity index (χ4v) is 4.46. The first-order chi connectivity index (χ1) is 14.5. The highest BCUT2D eigenvalue weighted by Crippen LogP contribution is 2.42. The molecule has 11 nitrogen and oxygen atoms in total. The molecule has 0 radical (unpaired) electrons. The number of carboxylic acid groups (broad SMARTS) is 1. The molecule has 0 saturated carbocycles. The molecule has 166 valence electrons. The number of nitro groups is 1. The average molecular weight is 491 g/mol. The van der Waals surface area contributed by atoms with Gasteiger partial charge in [0.05, 0.1) is 25.8 Å². The van der Waals surface area contributed by atoms with E-state index < -0.39 is 38.2 Å². The molecule has 1 saturated heterocycles. The third kappa shape index (κ3) is 4.97. The Morgan fingerprint density at radius 2 is 1.84 bits per heavy atom. The Balaban J connectivity index is 1.98. The monoisotopic (exact) mass is 490 g/mol. The van der Waals surface area contributed by atoms with Gasteiger partial charge in [0.1, 0.15) is 6.33 Å². The average Bonchev–Trinajstić information content (AvgIpc) is 2.69. The van der Waals surface area contributed by atoms with Crippen molar-refractivity contribution in [1.29, 1.82) is 0 Å². The lowest BCUT2D eigenvalue weighted by atomic mass is 9.97. The molecule has 0 bridgehead atoms. The van der Waals surface area contributed by atoms with Crippen molar-refractivity contribution in [3.8, 4) is 11.6 Å². The molecule has 0 atom stereocenters. The summed E-state index contributed by atoms with van der Waals surface area (Å²) >= 11 is 12.2. The summed E-state index contributed by atoms with van der Waals surface area (Å²) in [5.74, 6) is -2.11. The van der Waals surface area contributed by atoms with Crippen molar-refractivity contribution in [2.75, 3.05) is 24.2 Å². The normalized spacial score (nSPS) is 15.0. The van der Waals surface area contributed by atoms with Crippen LogP contribution in [-0.2, 0) is 14.6 Å². The summed E-state index contributed by atoms with van der Waals surface area (Å²) in [6.45, 7) is 0.498. The molecule has 0 spiro atoms. The van der Waals surface area contributed by atoms with Gasteiger partial charge in [0.25, 0.3) is 0 Å². The summed E-state index contributed by atoms with van der Waals surface area (Å²) in [5, 5.41) is 20.6. The number of rotatable bonds is 6. The molecule has 2 heterocycles. The Labute approximate surface area is 186 Å². The first-order valence-electron chi connectivity index (χ1n) is 8.83. The van der Waals surface area contributed by atoms with Crippen molar-refractivity contribution in [2.45, 2.75) is 17.7 Å². The minimum Gasteiger partial charge on any atom is -0.481 e. The molecule has 31 heavy (non-hydrogen) atoms. The number of piperidine rings is 1. The first kappa shape index (κ1) is 23.0. The molecule has 14 heteroatoms. The summed E-state index contributed by atoms with van der Waals surface area (Å²) in [6, 6.07) is 2.23. The highest BCUT2D eigenvalue weighted by molar-refractivity contribution is 7.90. The van der Waals surface area contributed by atoms with Crippen molar-refractivity contribution in [2.24, 2.45) is 5.92 Å². The predicted octanol–water partition coefficient (Wildman–Crippen LogP) is 3.19. The second-order valence-electron chi connectivity index (χ2n) is 6.80. The molecule has 1 fully saturated rings. The van der Waals surface area contributed by atoms with Crippen LogP contribution in [0.4, 0.5) is 11.5 Å². The number of aliphatic carboxylic acids is 1. The molecule has 1 N–H and O–H groups in total. The Bertz CT molecular complexity index is 1130. The van der Waals surface area contributed by atoms with E-state index in [-0.39, 0.29) is 39.6 Å². The summed E-state index contributed by atoms with van der Waals surface area (Å²) in [6.07, 6.45) is 2.65. The fraction of sp³-hybridized carbons (Fsp3) is 0.353. The Morgan fingerprint density at radius 3 is 2.32 bits per heavy atom. The summed E-state index contributed by atoms with van der Waals surface area (Å²) in [4.78, 5) is 31.5. The molecule has 0 unspecified atom stereocenters. The number of benzene rings is 1. The molecule has 1 aromatic heterocycles. The number of halogens is 2. The van der Waals surface area contributed by atoms with Gasteiger partial charge in [-0.2, -0.15) is 4.98 Å². The number of hydrogen-bond acceptors (Lipinski definition) is 9. The topological polar surface area (TPSA) is 153 Å². The van der Waals surface area contributed by atoms with Crippen LogP contribution >= 0.6 is 23.2 Å². The third-order valence-corrected chi connectivity index (χ3v) is 6.35. The second-order valence-corrected chi connectivity index (χ2v) is 9.63. The van der Waals surface area contributed by atoms with Crippen LogP contribution in [0.1, 0.15) is 12.8 Å². The minimum atomic E-state index is -3.60. The van der Waals surface area contributed by atoms with Crippen LogP contribution in [-0.4, -0.2) is 53.7 Å². The van der Waals surface area contributed by atoms with Crippen molar-refractivity contribution >= 4 is 50.5 Å². The van der Waals surface area contributed by atoms with Gasteiger partial charge in [-0.1, -0.05) is 23.2 Å². The van der Waals surface area contributed by atoms with E-state index in [2.05, 4.69) is 9.97 Å². The van der Waals surface area contributed by atoms with Gasteiger partial charge in [0, 0.05) is 19.3 Å².